The second-order valence-electron chi connectivity index (χ2n) is 4.83. The average molecular weight is 265 g/mol. The summed E-state index contributed by atoms with van der Waals surface area (Å²) >= 11 is 0. The highest BCUT2D eigenvalue weighted by Gasteiger charge is 2.02. The Bertz CT molecular complexity index is 716. The van der Waals surface area contributed by atoms with Crippen molar-refractivity contribution in [3.63, 3.8) is 0 Å². The molecule has 0 saturated carbocycles. The summed E-state index contributed by atoms with van der Waals surface area (Å²) in [6.45, 7) is 1.27. The summed E-state index contributed by atoms with van der Waals surface area (Å²) < 4.78 is 13.5. The summed E-state index contributed by atoms with van der Waals surface area (Å²) in [6.07, 6.45) is 0. The van der Waals surface area contributed by atoms with Gasteiger partial charge in [-0.15, -0.1) is 0 Å². The Morgan fingerprint density at radius 3 is 2.25 bits per heavy atom. The van der Waals surface area contributed by atoms with Crippen LogP contribution in [0.1, 0.15) is 11.1 Å². The molecule has 0 fully saturated rings. The molecule has 0 unspecified atom stereocenters. The van der Waals surface area contributed by atoms with Crippen LogP contribution in [-0.4, -0.2) is 0 Å². The van der Waals surface area contributed by atoms with E-state index >= 15 is 0 Å². The molecule has 20 heavy (non-hydrogen) atoms. The Morgan fingerprint density at radius 1 is 0.700 bits per heavy atom. The maximum absolute atomic E-state index is 13.5. The monoisotopic (exact) mass is 265 g/mol. The fraction of sp³-hybridized carbons (Fsp3) is 0.111. The van der Waals surface area contributed by atoms with Crippen LogP contribution in [0.3, 0.4) is 0 Å². The quantitative estimate of drug-likeness (QED) is 0.743. The van der Waals surface area contributed by atoms with Crippen LogP contribution in [0, 0.1) is 5.82 Å². The van der Waals surface area contributed by atoms with Crippen LogP contribution in [0.25, 0.3) is 10.8 Å². The standard InChI is InChI=1S/C18H16FN/c19-18-11-4-2-7-16(18)13-20-12-15-9-5-8-14-6-1-3-10-17(14)15/h1-11,20H,12-13H2. The molecule has 0 bridgehead atoms. The maximum Gasteiger partial charge on any atom is 0.127 e. The van der Waals surface area contributed by atoms with Crippen LogP contribution < -0.4 is 5.32 Å². The molecule has 0 aromatic heterocycles. The third kappa shape index (κ3) is 2.70. The molecule has 0 radical (unpaired) electrons. The molecule has 1 nitrogen and oxygen atoms in total. The SMILES string of the molecule is Fc1ccccc1CNCc1cccc2ccccc12. The Kier molecular flexibility index (Phi) is 3.75. The van der Waals surface area contributed by atoms with Crippen molar-refractivity contribution in [3.8, 4) is 0 Å². The summed E-state index contributed by atoms with van der Waals surface area (Å²) in [5.74, 6) is -0.155. The van der Waals surface area contributed by atoms with Gasteiger partial charge in [0, 0.05) is 18.7 Å². The molecular weight excluding hydrogens is 249 g/mol. The van der Waals surface area contributed by atoms with E-state index in [0.29, 0.717) is 12.1 Å². The highest BCUT2D eigenvalue weighted by atomic mass is 19.1. The smallest absolute Gasteiger partial charge is 0.127 e. The molecule has 0 heterocycles. The maximum atomic E-state index is 13.5. The van der Waals surface area contributed by atoms with Crippen LogP contribution in [0.2, 0.25) is 0 Å². The van der Waals surface area contributed by atoms with Crippen molar-refractivity contribution in [1.29, 1.82) is 0 Å². The third-order valence-corrected chi connectivity index (χ3v) is 3.47. The zero-order valence-corrected chi connectivity index (χ0v) is 11.1. The first-order valence-corrected chi connectivity index (χ1v) is 6.75. The predicted molar refractivity (Wildman–Crippen MR) is 80.9 cm³/mol. The molecule has 3 aromatic rings. The van der Waals surface area contributed by atoms with Crippen molar-refractivity contribution >= 4 is 10.8 Å². The fourth-order valence-electron chi connectivity index (χ4n) is 2.42. The lowest BCUT2D eigenvalue weighted by Crippen LogP contribution is -2.13. The number of rotatable bonds is 4. The summed E-state index contributed by atoms with van der Waals surface area (Å²) in [6, 6.07) is 21.5. The van der Waals surface area contributed by atoms with Gasteiger partial charge in [-0.25, -0.2) is 4.39 Å². The molecule has 100 valence electrons. The van der Waals surface area contributed by atoms with Gasteiger partial charge in [0.2, 0.25) is 0 Å². The summed E-state index contributed by atoms with van der Waals surface area (Å²) in [4.78, 5) is 0. The third-order valence-electron chi connectivity index (χ3n) is 3.47. The molecule has 3 rings (SSSR count). The van der Waals surface area contributed by atoms with Crippen LogP contribution >= 0.6 is 0 Å². The first-order chi connectivity index (χ1) is 9.84. The van der Waals surface area contributed by atoms with Crippen LogP contribution in [0.4, 0.5) is 4.39 Å². The highest BCUT2D eigenvalue weighted by Crippen LogP contribution is 2.18. The normalized spacial score (nSPS) is 10.8. The Labute approximate surface area is 118 Å². The minimum absolute atomic E-state index is 0.155. The van der Waals surface area contributed by atoms with Crippen molar-refractivity contribution in [1.82, 2.24) is 5.32 Å². The van der Waals surface area contributed by atoms with Gasteiger partial charge >= 0.3 is 0 Å². The Morgan fingerprint density at radius 2 is 1.35 bits per heavy atom. The lowest BCUT2D eigenvalue weighted by atomic mass is 10.0. The zero-order valence-electron chi connectivity index (χ0n) is 11.1. The number of nitrogens with one attached hydrogen (secondary N) is 1. The summed E-state index contributed by atoms with van der Waals surface area (Å²) in [5, 5.41) is 5.79. The number of hydrogen-bond donors (Lipinski definition) is 1. The molecule has 2 heteroatoms. The van der Waals surface area contributed by atoms with E-state index in [4.69, 9.17) is 0 Å². The van der Waals surface area contributed by atoms with Crippen LogP contribution in [0.5, 0.6) is 0 Å². The minimum Gasteiger partial charge on any atom is -0.308 e. The molecule has 0 saturated heterocycles. The Balaban J connectivity index is 1.73. The van der Waals surface area contributed by atoms with Gasteiger partial charge in [0.15, 0.2) is 0 Å². The van der Waals surface area contributed by atoms with Crippen molar-refractivity contribution in [2.45, 2.75) is 13.1 Å². The van der Waals surface area contributed by atoms with Crippen molar-refractivity contribution < 1.29 is 4.39 Å². The fourth-order valence-corrected chi connectivity index (χ4v) is 2.42. The predicted octanol–water partition coefficient (Wildman–Crippen LogP) is 4.27. The van der Waals surface area contributed by atoms with Gasteiger partial charge in [-0.2, -0.15) is 0 Å². The van der Waals surface area contributed by atoms with Gasteiger partial charge in [-0.1, -0.05) is 60.7 Å². The second-order valence-corrected chi connectivity index (χ2v) is 4.83. The topological polar surface area (TPSA) is 12.0 Å². The zero-order chi connectivity index (χ0) is 13.8. The number of benzene rings is 3. The lowest BCUT2D eigenvalue weighted by Gasteiger charge is -2.09. The van der Waals surface area contributed by atoms with Gasteiger partial charge in [-0.3, -0.25) is 0 Å². The molecule has 0 aliphatic rings. The molecule has 0 aliphatic heterocycles. The van der Waals surface area contributed by atoms with Crippen molar-refractivity contribution in [2.24, 2.45) is 0 Å². The lowest BCUT2D eigenvalue weighted by molar-refractivity contribution is 0.588. The first-order valence-electron chi connectivity index (χ1n) is 6.75. The van der Waals surface area contributed by atoms with E-state index in [1.807, 2.05) is 24.3 Å². The van der Waals surface area contributed by atoms with Gasteiger partial charge in [0.05, 0.1) is 0 Å². The van der Waals surface area contributed by atoms with Crippen LogP contribution in [-0.2, 0) is 13.1 Å². The van der Waals surface area contributed by atoms with E-state index in [-0.39, 0.29) is 5.82 Å². The molecule has 3 aromatic carbocycles. The molecule has 0 spiro atoms. The van der Waals surface area contributed by atoms with Crippen molar-refractivity contribution in [3.05, 3.63) is 83.7 Å². The second kappa shape index (κ2) is 5.85. The van der Waals surface area contributed by atoms with E-state index in [0.717, 1.165) is 6.54 Å². The number of fused-ring (bicyclic) bond motifs is 1. The van der Waals surface area contributed by atoms with E-state index < -0.39 is 0 Å². The first kappa shape index (κ1) is 12.8. The van der Waals surface area contributed by atoms with E-state index in [1.54, 1.807) is 6.07 Å². The number of halogens is 1. The molecule has 0 atom stereocenters. The summed E-state index contributed by atoms with van der Waals surface area (Å²) in [7, 11) is 0. The van der Waals surface area contributed by atoms with Gasteiger partial charge in [0.1, 0.15) is 5.82 Å². The largest absolute Gasteiger partial charge is 0.308 e. The number of hydrogen-bond acceptors (Lipinski definition) is 1. The van der Waals surface area contributed by atoms with Crippen molar-refractivity contribution in [2.75, 3.05) is 0 Å². The average Bonchev–Trinajstić information content (AvgIpc) is 2.49. The van der Waals surface area contributed by atoms with Gasteiger partial charge < -0.3 is 5.32 Å². The van der Waals surface area contributed by atoms with Gasteiger partial charge in [-0.05, 0) is 22.4 Å². The molecule has 0 aliphatic carbocycles. The molecule has 0 amide bonds. The highest BCUT2D eigenvalue weighted by molar-refractivity contribution is 5.85. The van der Waals surface area contributed by atoms with E-state index in [1.165, 1.54) is 22.4 Å². The van der Waals surface area contributed by atoms with E-state index in [2.05, 4.69) is 35.6 Å². The van der Waals surface area contributed by atoms with E-state index in [9.17, 15) is 4.39 Å². The molecule has 1 N–H and O–H groups in total. The summed E-state index contributed by atoms with van der Waals surface area (Å²) in [5.41, 5.74) is 1.94. The molecular formula is C18H16FN. The van der Waals surface area contributed by atoms with Gasteiger partial charge in [0.25, 0.3) is 0 Å². The Hall–Kier alpha value is -2.19. The van der Waals surface area contributed by atoms with Crippen LogP contribution in [0.15, 0.2) is 66.7 Å². The minimum atomic E-state index is -0.155.